The summed E-state index contributed by atoms with van der Waals surface area (Å²) in [7, 11) is -1.20. The number of hydrogen-bond donors (Lipinski definition) is 1. The van der Waals surface area contributed by atoms with Crippen LogP contribution in [0.2, 0.25) is 19.6 Å². The first-order valence-electron chi connectivity index (χ1n) is 4.74. The van der Waals surface area contributed by atoms with Gasteiger partial charge in [-0.15, -0.1) is 5.54 Å². The number of aliphatic hydroxyl groups excluding tert-OH is 1. The molecule has 2 heteroatoms. The molecule has 0 rings (SSSR count). The van der Waals surface area contributed by atoms with E-state index >= 15 is 0 Å². The Hall–Kier alpha value is -0.523. The number of rotatable bonds is 3. The van der Waals surface area contributed by atoms with Crippen LogP contribution in [0.1, 0.15) is 13.3 Å². The molecule has 0 saturated heterocycles. The lowest BCUT2D eigenvalue weighted by atomic mass is 10.1. The van der Waals surface area contributed by atoms with Gasteiger partial charge in [0.25, 0.3) is 0 Å². The Morgan fingerprint density at radius 2 is 2.00 bits per heavy atom. The smallest absolute Gasteiger partial charge is 0.129 e. The molecule has 1 unspecified atom stereocenters. The Morgan fingerprint density at radius 3 is 2.46 bits per heavy atom. The predicted octanol–water partition coefficient (Wildman–Crippen LogP) is 2.44. The van der Waals surface area contributed by atoms with E-state index in [0.29, 0.717) is 5.92 Å². The molecule has 0 radical (unpaired) electrons. The van der Waals surface area contributed by atoms with E-state index in [1.807, 2.05) is 19.1 Å². The summed E-state index contributed by atoms with van der Waals surface area (Å²) in [5.41, 5.74) is 3.25. The quantitative estimate of drug-likeness (QED) is 0.543. The van der Waals surface area contributed by atoms with Crippen molar-refractivity contribution < 1.29 is 5.11 Å². The molecule has 0 aromatic heterocycles. The summed E-state index contributed by atoms with van der Waals surface area (Å²) in [5, 5.41) is 8.76. The Bertz CT molecular complexity index is 214. The molecule has 0 saturated carbocycles. The van der Waals surface area contributed by atoms with Crippen LogP contribution in [0.5, 0.6) is 0 Å². The van der Waals surface area contributed by atoms with Crippen molar-refractivity contribution in [2.24, 2.45) is 5.92 Å². The number of aliphatic hydroxyl groups is 1. The molecule has 1 N–H and O–H groups in total. The van der Waals surface area contributed by atoms with Gasteiger partial charge in [-0.05, 0) is 18.4 Å². The molecule has 0 amide bonds. The van der Waals surface area contributed by atoms with Gasteiger partial charge in [0.15, 0.2) is 0 Å². The van der Waals surface area contributed by atoms with Gasteiger partial charge in [0.1, 0.15) is 8.07 Å². The van der Waals surface area contributed by atoms with Crippen molar-refractivity contribution in [2.75, 3.05) is 6.61 Å². The molecule has 1 atom stereocenters. The van der Waals surface area contributed by atoms with E-state index in [0.717, 1.165) is 6.42 Å². The minimum Gasteiger partial charge on any atom is -0.396 e. The van der Waals surface area contributed by atoms with Crippen molar-refractivity contribution in [1.29, 1.82) is 0 Å². The van der Waals surface area contributed by atoms with Crippen LogP contribution >= 0.6 is 0 Å². The highest BCUT2D eigenvalue weighted by Crippen LogP contribution is 2.00. The van der Waals surface area contributed by atoms with Crippen LogP contribution in [0.25, 0.3) is 0 Å². The van der Waals surface area contributed by atoms with E-state index in [4.69, 9.17) is 5.11 Å². The van der Waals surface area contributed by atoms with Gasteiger partial charge in [-0.3, -0.25) is 0 Å². The predicted molar refractivity (Wildman–Crippen MR) is 61.1 cm³/mol. The second kappa shape index (κ2) is 6.01. The van der Waals surface area contributed by atoms with Gasteiger partial charge < -0.3 is 5.11 Å². The molecule has 0 bridgehead atoms. The average Bonchev–Trinajstić information content (AvgIpc) is 2.01. The molecule has 0 aliphatic rings. The van der Waals surface area contributed by atoms with Crippen LogP contribution in [-0.2, 0) is 0 Å². The fourth-order valence-electron chi connectivity index (χ4n) is 0.692. The molecular formula is C11H20OSi. The maximum atomic E-state index is 8.76. The van der Waals surface area contributed by atoms with E-state index < -0.39 is 8.07 Å². The zero-order chi connectivity index (χ0) is 10.3. The van der Waals surface area contributed by atoms with Crippen LogP contribution in [0, 0.1) is 17.4 Å². The standard InChI is InChI=1S/C11H20OSi/c1-11(10-12)8-6-5-7-9-13(2,3)4/h5-6,11-12H,8,10H2,1-4H3/b6-5+. The summed E-state index contributed by atoms with van der Waals surface area (Å²) in [4.78, 5) is 0. The summed E-state index contributed by atoms with van der Waals surface area (Å²) >= 11 is 0. The van der Waals surface area contributed by atoms with Crippen molar-refractivity contribution in [2.45, 2.75) is 33.0 Å². The highest BCUT2D eigenvalue weighted by atomic mass is 28.3. The summed E-state index contributed by atoms with van der Waals surface area (Å²) < 4.78 is 0. The first-order chi connectivity index (χ1) is 5.95. The molecule has 13 heavy (non-hydrogen) atoms. The van der Waals surface area contributed by atoms with Crippen LogP contribution in [-0.4, -0.2) is 19.8 Å². The van der Waals surface area contributed by atoms with E-state index in [-0.39, 0.29) is 6.61 Å². The van der Waals surface area contributed by atoms with E-state index in [9.17, 15) is 0 Å². The zero-order valence-electron chi connectivity index (χ0n) is 9.09. The zero-order valence-corrected chi connectivity index (χ0v) is 10.1. The Kier molecular flexibility index (Phi) is 5.77. The number of allylic oxidation sites excluding steroid dienone is 2. The molecule has 0 aromatic rings. The van der Waals surface area contributed by atoms with Gasteiger partial charge in [-0.1, -0.05) is 38.6 Å². The van der Waals surface area contributed by atoms with Gasteiger partial charge in [-0.2, -0.15) is 0 Å². The fraction of sp³-hybridized carbons (Fsp3) is 0.636. The van der Waals surface area contributed by atoms with Crippen LogP contribution in [0.3, 0.4) is 0 Å². The van der Waals surface area contributed by atoms with Crippen molar-refractivity contribution >= 4 is 8.07 Å². The van der Waals surface area contributed by atoms with Gasteiger partial charge in [-0.25, -0.2) is 0 Å². The van der Waals surface area contributed by atoms with Crippen molar-refractivity contribution in [3.05, 3.63) is 12.2 Å². The van der Waals surface area contributed by atoms with Crippen LogP contribution in [0.4, 0.5) is 0 Å². The van der Waals surface area contributed by atoms with Crippen molar-refractivity contribution in [3.8, 4) is 11.5 Å². The minimum atomic E-state index is -1.20. The highest BCUT2D eigenvalue weighted by molar-refractivity contribution is 6.83. The summed E-state index contributed by atoms with van der Waals surface area (Å²) in [6, 6.07) is 0. The Labute approximate surface area is 82.9 Å². The van der Waals surface area contributed by atoms with Crippen molar-refractivity contribution in [1.82, 2.24) is 0 Å². The highest BCUT2D eigenvalue weighted by Gasteiger charge is 2.06. The van der Waals surface area contributed by atoms with Crippen LogP contribution < -0.4 is 0 Å². The first-order valence-corrected chi connectivity index (χ1v) is 8.24. The third-order valence-electron chi connectivity index (χ3n) is 1.50. The average molecular weight is 196 g/mol. The minimum absolute atomic E-state index is 0.256. The summed E-state index contributed by atoms with van der Waals surface area (Å²) in [6.45, 7) is 8.96. The molecule has 0 aliphatic heterocycles. The van der Waals surface area contributed by atoms with Gasteiger partial charge in [0.05, 0.1) is 0 Å². The molecule has 0 heterocycles. The normalized spacial score (nSPS) is 13.9. The van der Waals surface area contributed by atoms with Gasteiger partial charge >= 0.3 is 0 Å². The Morgan fingerprint density at radius 1 is 1.38 bits per heavy atom. The largest absolute Gasteiger partial charge is 0.396 e. The topological polar surface area (TPSA) is 20.2 Å². The second-order valence-corrected chi connectivity index (χ2v) is 9.20. The van der Waals surface area contributed by atoms with Crippen LogP contribution in [0.15, 0.2) is 12.2 Å². The molecular weight excluding hydrogens is 176 g/mol. The third kappa shape index (κ3) is 9.39. The summed E-state index contributed by atoms with van der Waals surface area (Å²) in [6.07, 6.45) is 4.86. The maximum absolute atomic E-state index is 8.76. The Balaban J connectivity index is 3.80. The third-order valence-corrected chi connectivity index (χ3v) is 2.39. The molecule has 0 aromatic carbocycles. The van der Waals surface area contributed by atoms with Crippen molar-refractivity contribution in [3.63, 3.8) is 0 Å². The van der Waals surface area contributed by atoms with E-state index in [2.05, 4.69) is 31.1 Å². The monoisotopic (exact) mass is 196 g/mol. The van der Waals surface area contributed by atoms with E-state index in [1.54, 1.807) is 0 Å². The van der Waals surface area contributed by atoms with Gasteiger partial charge in [0.2, 0.25) is 0 Å². The lowest BCUT2D eigenvalue weighted by molar-refractivity contribution is 0.239. The lowest BCUT2D eigenvalue weighted by Gasteiger charge is -2.02. The van der Waals surface area contributed by atoms with Gasteiger partial charge in [0, 0.05) is 6.61 Å². The number of hydrogen-bond acceptors (Lipinski definition) is 1. The molecule has 0 aliphatic carbocycles. The maximum Gasteiger partial charge on any atom is 0.129 e. The molecule has 1 nitrogen and oxygen atoms in total. The summed E-state index contributed by atoms with van der Waals surface area (Å²) in [5.74, 6) is 3.41. The first kappa shape index (κ1) is 12.5. The van der Waals surface area contributed by atoms with E-state index in [1.165, 1.54) is 0 Å². The lowest BCUT2D eigenvalue weighted by Crippen LogP contribution is -2.16. The molecule has 0 fully saturated rings. The fourth-order valence-corrected chi connectivity index (χ4v) is 1.21. The second-order valence-electron chi connectivity index (χ2n) is 4.45. The SMILES string of the molecule is CC(CO)C/C=C/C#C[Si](C)(C)C. The molecule has 0 spiro atoms. The molecule has 74 valence electrons.